The Kier molecular flexibility index (Phi) is 4.36. The minimum atomic E-state index is 0.0934. The maximum atomic E-state index is 5.78. The molecule has 2 N–H and O–H groups in total. The van der Waals surface area contributed by atoms with Crippen LogP contribution in [0.1, 0.15) is 27.6 Å². The van der Waals surface area contributed by atoms with Gasteiger partial charge in [-0.3, -0.25) is 0 Å². The highest BCUT2D eigenvalue weighted by Crippen LogP contribution is 2.42. The molecule has 0 fully saturated rings. The highest BCUT2D eigenvalue weighted by atomic mass is 79.9. The van der Waals surface area contributed by atoms with Gasteiger partial charge in [0, 0.05) is 11.3 Å². The zero-order chi connectivity index (χ0) is 14.7. The van der Waals surface area contributed by atoms with Crippen LogP contribution in [0.25, 0.3) is 0 Å². The van der Waals surface area contributed by atoms with E-state index in [0.717, 1.165) is 5.69 Å². The van der Waals surface area contributed by atoms with Gasteiger partial charge in [-0.05, 0) is 11.1 Å². The summed E-state index contributed by atoms with van der Waals surface area (Å²) in [5, 5.41) is 2.63. The summed E-state index contributed by atoms with van der Waals surface area (Å²) in [6, 6.07) is 21.0. The summed E-state index contributed by atoms with van der Waals surface area (Å²) in [7, 11) is 0. The van der Waals surface area contributed by atoms with Gasteiger partial charge in [0.2, 0.25) is 0 Å². The minimum Gasteiger partial charge on any atom is -0.375 e. The number of nitrogens with two attached hydrogens (primary N) is 1. The van der Waals surface area contributed by atoms with Gasteiger partial charge < -0.3 is 5.73 Å². The summed E-state index contributed by atoms with van der Waals surface area (Å²) >= 11 is 5.31. The average molecular weight is 359 g/mol. The monoisotopic (exact) mass is 358 g/mol. The molecule has 0 amide bonds. The molecule has 1 heterocycles. The van der Waals surface area contributed by atoms with Crippen LogP contribution < -0.4 is 5.73 Å². The lowest BCUT2D eigenvalue weighted by molar-refractivity contribution is 0.781. The third-order valence-corrected chi connectivity index (χ3v) is 5.12. The van der Waals surface area contributed by atoms with Gasteiger partial charge in [-0.15, -0.1) is 11.3 Å². The van der Waals surface area contributed by atoms with Crippen LogP contribution in [0.2, 0.25) is 0 Å². The van der Waals surface area contributed by atoms with E-state index in [4.69, 9.17) is 5.73 Å². The molecule has 3 rings (SSSR count). The van der Waals surface area contributed by atoms with Crippen molar-refractivity contribution in [3.63, 3.8) is 0 Å². The molecule has 0 bridgehead atoms. The molecule has 1 unspecified atom stereocenters. The number of alkyl halides is 1. The number of nitrogen functional groups attached to an aromatic ring is 1. The predicted octanol–water partition coefficient (Wildman–Crippen LogP) is 4.99. The topological polar surface area (TPSA) is 38.9 Å². The maximum Gasteiger partial charge on any atom is 0.180 e. The number of benzene rings is 2. The van der Waals surface area contributed by atoms with Gasteiger partial charge in [-0.1, -0.05) is 76.6 Å². The second-order valence-electron chi connectivity index (χ2n) is 4.81. The van der Waals surface area contributed by atoms with Crippen LogP contribution in [0.5, 0.6) is 0 Å². The minimum absolute atomic E-state index is 0.0934. The van der Waals surface area contributed by atoms with Crippen molar-refractivity contribution in [1.82, 2.24) is 4.98 Å². The van der Waals surface area contributed by atoms with E-state index in [0.29, 0.717) is 5.13 Å². The summed E-state index contributed by atoms with van der Waals surface area (Å²) in [5.41, 5.74) is 9.28. The van der Waals surface area contributed by atoms with E-state index in [9.17, 15) is 0 Å². The molecule has 21 heavy (non-hydrogen) atoms. The number of halogens is 1. The van der Waals surface area contributed by atoms with Crippen LogP contribution >= 0.6 is 27.3 Å². The molecule has 1 aromatic heterocycles. The molecule has 0 radical (unpaired) electrons. The van der Waals surface area contributed by atoms with Crippen LogP contribution in [0.3, 0.4) is 0 Å². The molecule has 2 nitrogen and oxygen atoms in total. The Morgan fingerprint density at radius 2 is 1.43 bits per heavy atom. The first-order valence-electron chi connectivity index (χ1n) is 6.70. The third kappa shape index (κ3) is 3.17. The normalized spacial score (nSPS) is 12.5. The van der Waals surface area contributed by atoms with E-state index in [1.54, 1.807) is 0 Å². The molecule has 0 aliphatic carbocycles. The molecule has 0 saturated heterocycles. The number of anilines is 1. The molecular weight excluding hydrogens is 344 g/mol. The van der Waals surface area contributed by atoms with E-state index in [1.165, 1.54) is 22.5 Å². The van der Waals surface area contributed by atoms with Crippen molar-refractivity contribution >= 4 is 32.4 Å². The fourth-order valence-corrected chi connectivity index (χ4v) is 4.07. The zero-order valence-corrected chi connectivity index (χ0v) is 13.7. The first kappa shape index (κ1) is 14.3. The number of aromatic nitrogens is 1. The second-order valence-corrected chi connectivity index (χ2v) is 6.69. The third-order valence-electron chi connectivity index (χ3n) is 3.43. The quantitative estimate of drug-likeness (QED) is 0.667. The number of hydrogen-bond acceptors (Lipinski definition) is 3. The van der Waals surface area contributed by atoms with Gasteiger partial charge >= 0.3 is 0 Å². The van der Waals surface area contributed by atoms with E-state index in [-0.39, 0.29) is 10.7 Å². The first-order chi connectivity index (χ1) is 10.3. The Morgan fingerprint density at radius 1 is 0.905 bits per heavy atom. The molecular formula is C17H15BrN2S. The van der Waals surface area contributed by atoms with Crippen LogP contribution in [0.15, 0.2) is 66.0 Å². The molecule has 0 aliphatic heterocycles. The standard InChI is InChI=1S/C17H15BrN2S/c18-16(14-11-21-17(19)20-14)15(12-7-3-1-4-8-12)13-9-5-2-6-10-13/h1-11,15-16H,(H2,19,20). The van der Waals surface area contributed by atoms with E-state index in [2.05, 4.69) is 69.4 Å². The molecule has 3 aromatic rings. The van der Waals surface area contributed by atoms with Gasteiger partial charge in [0.05, 0.1) is 10.5 Å². The van der Waals surface area contributed by atoms with Crippen molar-refractivity contribution in [1.29, 1.82) is 0 Å². The number of rotatable bonds is 4. The Balaban J connectivity index is 2.04. The second kappa shape index (κ2) is 6.41. The number of hydrogen-bond donors (Lipinski definition) is 1. The van der Waals surface area contributed by atoms with Crippen LogP contribution in [0, 0.1) is 0 Å². The van der Waals surface area contributed by atoms with E-state index in [1.807, 2.05) is 17.5 Å². The maximum absolute atomic E-state index is 5.78. The molecule has 1 atom stereocenters. The largest absolute Gasteiger partial charge is 0.375 e. The van der Waals surface area contributed by atoms with Crippen molar-refractivity contribution in [2.75, 3.05) is 5.73 Å². The van der Waals surface area contributed by atoms with Gasteiger partial charge in [0.15, 0.2) is 5.13 Å². The molecule has 0 spiro atoms. The Labute approximate surface area is 136 Å². The lowest BCUT2D eigenvalue weighted by atomic mass is 9.87. The first-order valence-corrected chi connectivity index (χ1v) is 8.50. The van der Waals surface area contributed by atoms with E-state index >= 15 is 0 Å². The van der Waals surface area contributed by atoms with Crippen molar-refractivity contribution in [2.24, 2.45) is 0 Å². The lowest BCUT2D eigenvalue weighted by Gasteiger charge is -2.22. The lowest BCUT2D eigenvalue weighted by Crippen LogP contribution is -2.08. The summed E-state index contributed by atoms with van der Waals surface area (Å²) in [6.45, 7) is 0. The van der Waals surface area contributed by atoms with Crippen molar-refractivity contribution in [3.05, 3.63) is 82.9 Å². The van der Waals surface area contributed by atoms with Crippen LogP contribution in [0.4, 0.5) is 5.13 Å². The van der Waals surface area contributed by atoms with Crippen LogP contribution in [-0.2, 0) is 0 Å². The Hall–Kier alpha value is -1.65. The molecule has 2 aromatic carbocycles. The van der Waals surface area contributed by atoms with Gasteiger partial charge in [0.25, 0.3) is 0 Å². The Morgan fingerprint density at radius 3 is 1.86 bits per heavy atom. The molecule has 0 aliphatic rings. The summed E-state index contributed by atoms with van der Waals surface area (Å²) in [4.78, 5) is 4.53. The van der Waals surface area contributed by atoms with Gasteiger partial charge in [-0.25, -0.2) is 4.98 Å². The number of nitrogens with zero attached hydrogens (tertiary/aromatic N) is 1. The molecule has 0 saturated carbocycles. The number of thiazole rings is 1. The van der Waals surface area contributed by atoms with Crippen molar-refractivity contribution in [3.8, 4) is 0 Å². The average Bonchev–Trinajstić information content (AvgIpc) is 2.96. The molecule has 106 valence electrons. The van der Waals surface area contributed by atoms with Gasteiger partial charge in [0.1, 0.15) is 0 Å². The van der Waals surface area contributed by atoms with Crippen molar-refractivity contribution < 1.29 is 0 Å². The zero-order valence-electron chi connectivity index (χ0n) is 11.3. The van der Waals surface area contributed by atoms with E-state index < -0.39 is 0 Å². The summed E-state index contributed by atoms with van der Waals surface area (Å²) < 4.78 is 0. The summed E-state index contributed by atoms with van der Waals surface area (Å²) in [5.74, 6) is 0.203. The SMILES string of the molecule is Nc1nc(C(Br)C(c2ccccc2)c2ccccc2)cs1. The Bertz CT molecular complexity index is 658. The molecule has 4 heteroatoms. The fraction of sp³-hybridized carbons (Fsp3) is 0.118. The fourth-order valence-electron chi connectivity index (χ4n) is 2.45. The highest BCUT2D eigenvalue weighted by molar-refractivity contribution is 9.09. The van der Waals surface area contributed by atoms with Crippen LogP contribution in [-0.4, -0.2) is 4.98 Å². The van der Waals surface area contributed by atoms with Crippen molar-refractivity contribution in [2.45, 2.75) is 10.7 Å². The highest BCUT2D eigenvalue weighted by Gasteiger charge is 2.25. The van der Waals surface area contributed by atoms with Gasteiger partial charge in [-0.2, -0.15) is 0 Å². The summed E-state index contributed by atoms with van der Waals surface area (Å²) in [6.07, 6.45) is 0. The smallest absolute Gasteiger partial charge is 0.180 e. The predicted molar refractivity (Wildman–Crippen MR) is 92.9 cm³/mol.